The smallest absolute Gasteiger partial charge is 0.308 e. The second kappa shape index (κ2) is 11.6. The van der Waals surface area contributed by atoms with Crippen LogP contribution >= 0.6 is 0 Å². The summed E-state index contributed by atoms with van der Waals surface area (Å²) in [5.74, 6) is -0.651. The minimum absolute atomic E-state index is 0.0702. The molecule has 0 saturated carbocycles. The fourth-order valence-corrected chi connectivity index (χ4v) is 5.30. The van der Waals surface area contributed by atoms with Gasteiger partial charge in [-0.1, -0.05) is 44.9 Å². The van der Waals surface area contributed by atoms with Crippen LogP contribution < -0.4 is 24.8 Å². The molecule has 8 heteroatoms. The Balaban J connectivity index is 1.63. The maximum atomic E-state index is 14.0. The highest BCUT2D eigenvalue weighted by Crippen LogP contribution is 2.40. The first-order chi connectivity index (χ1) is 17.4. The number of carbonyl (C=O) groups excluding carboxylic acids is 1. The summed E-state index contributed by atoms with van der Waals surface area (Å²) in [7, 11) is 1.64. The van der Waals surface area contributed by atoms with Gasteiger partial charge in [0, 0.05) is 24.4 Å². The molecule has 2 heterocycles. The zero-order chi connectivity index (χ0) is 25.7. The highest BCUT2D eigenvalue weighted by atomic mass is 16.7. The van der Waals surface area contributed by atoms with E-state index >= 15 is 0 Å². The summed E-state index contributed by atoms with van der Waals surface area (Å²) in [6.45, 7) is 5.19. The highest BCUT2D eigenvalue weighted by Gasteiger charge is 2.43. The summed E-state index contributed by atoms with van der Waals surface area (Å²) < 4.78 is 16.3. The molecule has 2 aromatic carbocycles. The average Bonchev–Trinajstić information content (AvgIpc) is 3.56. The first-order valence-electron chi connectivity index (χ1n) is 12.7. The minimum Gasteiger partial charge on any atom is -0.497 e. The molecule has 1 saturated heterocycles. The SMILES string of the molecule is CCCCC(NC(=O)C(c1ccc2c(c1)OCO2)[C@H]1CNC[C@@H]1C(=O)O)C(C)c1ccc(OC)cc1. The zero-order valence-electron chi connectivity index (χ0n) is 21.2. The summed E-state index contributed by atoms with van der Waals surface area (Å²) in [5, 5.41) is 16.4. The molecule has 3 N–H and O–H groups in total. The van der Waals surface area contributed by atoms with E-state index in [1.165, 1.54) is 0 Å². The van der Waals surface area contributed by atoms with Gasteiger partial charge in [-0.3, -0.25) is 9.59 Å². The van der Waals surface area contributed by atoms with E-state index in [1.807, 2.05) is 36.4 Å². The van der Waals surface area contributed by atoms with Gasteiger partial charge in [-0.15, -0.1) is 0 Å². The lowest BCUT2D eigenvalue weighted by Gasteiger charge is -2.31. The first kappa shape index (κ1) is 25.8. The molecule has 0 bridgehead atoms. The molecule has 0 radical (unpaired) electrons. The normalized spacial score (nSPS) is 21.0. The van der Waals surface area contributed by atoms with Gasteiger partial charge in [0.25, 0.3) is 0 Å². The first-order valence-corrected chi connectivity index (χ1v) is 12.7. The van der Waals surface area contributed by atoms with Gasteiger partial charge in [0.2, 0.25) is 12.7 Å². The largest absolute Gasteiger partial charge is 0.497 e. The number of benzene rings is 2. The third kappa shape index (κ3) is 5.59. The number of unbranched alkanes of at least 4 members (excludes halogenated alkanes) is 1. The quantitative estimate of drug-likeness (QED) is 0.433. The van der Waals surface area contributed by atoms with Crippen LogP contribution in [-0.4, -0.2) is 50.0 Å². The number of rotatable bonds is 11. The molecule has 8 nitrogen and oxygen atoms in total. The molecule has 4 rings (SSSR count). The minimum atomic E-state index is -0.891. The monoisotopic (exact) mass is 496 g/mol. The van der Waals surface area contributed by atoms with E-state index in [0.29, 0.717) is 24.6 Å². The molecular formula is C28H36N2O6. The van der Waals surface area contributed by atoms with Crippen molar-refractivity contribution in [3.8, 4) is 17.2 Å². The number of ether oxygens (including phenoxy) is 3. The molecule has 0 spiro atoms. The van der Waals surface area contributed by atoms with Gasteiger partial charge < -0.3 is 30.0 Å². The molecular weight excluding hydrogens is 460 g/mol. The molecule has 3 unspecified atom stereocenters. The Morgan fingerprint density at radius 3 is 2.53 bits per heavy atom. The van der Waals surface area contributed by atoms with Crippen LogP contribution in [0.5, 0.6) is 17.2 Å². The van der Waals surface area contributed by atoms with E-state index in [9.17, 15) is 14.7 Å². The Labute approximate surface area is 212 Å². The molecule has 1 amide bonds. The number of methoxy groups -OCH3 is 1. The van der Waals surface area contributed by atoms with Crippen LogP contribution in [0.25, 0.3) is 0 Å². The van der Waals surface area contributed by atoms with E-state index in [1.54, 1.807) is 13.2 Å². The Bertz CT molecular complexity index is 1060. The standard InChI is InChI=1S/C28H36N2O6/c1-4-5-6-23(17(2)18-7-10-20(34-3)11-8-18)30-27(31)26(21-14-29-15-22(21)28(32)33)19-9-12-24-25(13-19)36-16-35-24/h7-13,17,21-23,26,29H,4-6,14-16H2,1-3H3,(H,30,31)(H,32,33)/t17?,21-,22-,23?,26?/m0/s1. The van der Waals surface area contributed by atoms with Crippen LogP contribution in [0.2, 0.25) is 0 Å². The van der Waals surface area contributed by atoms with Crippen LogP contribution in [-0.2, 0) is 9.59 Å². The average molecular weight is 497 g/mol. The molecule has 2 aliphatic rings. The van der Waals surface area contributed by atoms with Gasteiger partial charge in [0.05, 0.1) is 18.9 Å². The lowest BCUT2D eigenvalue weighted by atomic mass is 9.78. The molecule has 0 aliphatic carbocycles. The van der Waals surface area contributed by atoms with Crippen molar-refractivity contribution in [3.63, 3.8) is 0 Å². The molecule has 1 fully saturated rings. The van der Waals surface area contributed by atoms with Gasteiger partial charge in [0.1, 0.15) is 5.75 Å². The molecule has 5 atom stereocenters. The Morgan fingerprint density at radius 2 is 1.83 bits per heavy atom. The number of carboxylic acid groups (broad SMARTS) is 1. The maximum absolute atomic E-state index is 14.0. The molecule has 0 aromatic heterocycles. The van der Waals surface area contributed by atoms with Crippen LogP contribution in [0.3, 0.4) is 0 Å². The number of carbonyl (C=O) groups is 2. The predicted octanol–water partition coefficient (Wildman–Crippen LogP) is 3.91. The van der Waals surface area contributed by atoms with E-state index in [2.05, 4.69) is 24.5 Å². The number of nitrogens with one attached hydrogen (secondary N) is 2. The molecule has 2 aliphatic heterocycles. The number of amides is 1. The van der Waals surface area contributed by atoms with Crippen molar-refractivity contribution < 1.29 is 28.9 Å². The van der Waals surface area contributed by atoms with E-state index in [-0.39, 0.29) is 30.6 Å². The lowest BCUT2D eigenvalue weighted by Crippen LogP contribution is -2.44. The number of hydrogen-bond acceptors (Lipinski definition) is 6. The summed E-state index contributed by atoms with van der Waals surface area (Å²) >= 11 is 0. The van der Waals surface area contributed by atoms with Crippen molar-refractivity contribution in [2.24, 2.45) is 11.8 Å². The number of fused-ring (bicyclic) bond motifs is 1. The number of carboxylic acids is 1. The van der Waals surface area contributed by atoms with Crippen molar-refractivity contribution in [3.05, 3.63) is 53.6 Å². The van der Waals surface area contributed by atoms with E-state index in [4.69, 9.17) is 14.2 Å². The van der Waals surface area contributed by atoms with Crippen LogP contribution in [0.1, 0.15) is 56.1 Å². The second-order valence-corrected chi connectivity index (χ2v) is 9.68. The van der Waals surface area contributed by atoms with Gasteiger partial charge in [-0.05, 0) is 48.4 Å². The Morgan fingerprint density at radius 1 is 1.11 bits per heavy atom. The van der Waals surface area contributed by atoms with Crippen molar-refractivity contribution >= 4 is 11.9 Å². The fourth-order valence-electron chi connectivity index (χ4n) is 5.30. The Kier molecular flexibility index (Phi) is 8.36. The van der Waals surface area contributed by atoms with Gasteiger partial charge in [-0.25, -0.2) is 0 Å². The molecule has 194 valence electrons. The van der Waals surface area contributed by atoms with E-state index in [0.717, 1.165) is 36.1 Å². The predicted molar refractivity (Wildman–Crippen MR) is 136 cm³/mol. The summed E-state index contributed by atoms with van der Waals surface area (Å²) in [6, 6.07) is 13.3. The van der Waals surface area contributed by atoms with Crippen molar-refractivity contribution in [2.45, 2.75) is 51.0 Å². The van der Waals surface area contributed by atoms with Gasteiger partial charge >= 0.3 is 5.97 Å². The summed E-state index contributed by atoms with van der Waals surface area (Å²) in [5.41, 5.74) is 1.85. The van der Waals surface area contributed by atoms with E-state index < -0.39 is 17.8 Å². The molecule has 36 heavy (non-hydrogen) atoms. The van der Waals surface area contributed by atoms with Crippen LogP contribution in [0.4, 0.5) is 0 Å². The topological polar surface area (TPSA) is 106 Å². The maximum Gasteiger partial charge on any atom is 0.308 e. The van der Waals surface area contributed by atoms with Crippen LogP contribution in [0, 0.1) is 11.8 Å². The van der Waals surface area contributed by atoms with Gasteiger partial charge in [0.15, 0.2) is 11.5 Å². The third-order valence-corrected chi connectivity index (χ3v) is 7.49. The Hall–Kier alpha value is -3.26. The zero-order valence-corrected chi connectivity index (χ0v) is 21.2. The fraction of sp³-hybridized carbons (Fsp3) is 0.500. The summed E-state index contributed by atoms with van der Waals surface area (Å²) in [4.78, 5) is 26.0. The second-order valence-electron chi connectivity index (χ2n) is 9.68. The van der Waals surface area contributed by atoms with Crippen LogP contribution in [0.15, 0.2) is 42.5 Å². The third-order valence-electron chi connectivity index (χ3n) is 7.49. The van der Waals surface area contributed by atoms with Crippen molar-refractivity contribution in [1.82, 2.24) is 10.6 Å². The highest BCUT2D eigenvalue weighted by molar-refractivity contribution is 5.86. The van der Waals surface area contributed by atoms with Gasteiger partial charge in [-0.2, -0.15) is 0 Å². The molecule has 2 aromatic rings. The van der Waals surface area contributed by atoms with Crippen molar-refractivity contribution in [2.75, 3.05) is 27.0 Å². The summed E-state index contributed by atoms with van der Waals surface area (Å²) in [6.07, 6.45) is 2.82. The lowest BCUT2D eigenvalue weighted by molar-refractivity contribution is -0.143. The number of hydrogen-bond donors (Lipinski definition) is 3. The number of aliphatic carboxylic acids is 1. The van der Waals surface area contributed by atoms with Crippen molar-refractivity contribution in [1.29, 1.82) is 0 Å².